The van der Waals surface area contributed by atoms with Crippen LogP contribution in [0.25, 0.3) is 0 Å². The van der Waals surface area contributed by atoms with Crippen LogP contribution in [0.3, 0.4) is 0 Å². The molecule has 1 aliphatic heterocycles. The van der Waals surface area contributed by atoms with Crippen LogP contribution in [0.15, 0.2) is 18.2 Å². The zero-order valence-corrected chi connectivity index (χ0v) is 13.5. The molecule has 4 heteroatoms. The molecule has 0 aromatic heterocycles. The number of benzene rings is 1. The Labute approximate surface area is 126 Å². The van der Waals surface area contributed by atoms with Crippen molar-refractivity contribution in [2.45, 2.75) is 51.5 Å². The lowest BCUT2D eigenvalue weighted by molar-refractivity contribution is -0.0220. The van der Waals surface area contributed by atoms with Crippen molar-refractivity contribution >= 4 is 5.69 Å². The maximum absolute atomic E-state index is 13.3. The highest BCUT2D eigenvalue weighted by atomic mass is 19.3. The summed E-state index contributed by atoms with van der Waals surface area (Å²) in [6.45, 7) is 8.18. The fourth-order valence-corrected chi connectivity index (χ4v) is 2.77. The van der Waals surface area contributed by atoms with Crippen molar-refractivity contribution in [1.29, 1.82) is 0 Å². The smallest absolute Gasteiger partial charge is 0.251 e. The molecule has 0 saturated carbocycles. The molecule has 1 N–H and O–H groups in total. The normalized spacial score (nSPS) is 18.9. The van der Waals surface area contributed by atoms with Gasteiger partial charge in [0.2, 0.25) is 0 Å². The predicted molar refractivity (Wildman–Crippen MR) is 84.3 cm³/mol. The van der Waals surface area contributed by atoms with E-state index in [9.17, 15) is 8.78 Å². The van der Waals surface area contributed by atoms with Gasteiger partial charge >= 0.3 is 0 Å². The molecule has 0 aliphatic carbocycles. The average molecular weight is 296 g/mol. The van der Waals surface area contributed by atoms with Crippen LogP contribution in [0.5, 0.6) is 0 Å². The summed E-state index contributed by atoms with van der Waals surface area (Å²) in [7, 11) is 1.91. The highest BCUT2D eigenvalue weighted by Crippen LogP contribution is 2.34. The van der Waals surface area contributed by atoms with Crippen molar-refractivity contribution in [3.8, 4) is 0 Å². The second-order valence-corrected chi connectivity index (χ2v) is 6.97. The van der Waals surface area contributed by atoms with Crippen LogP contribution in [-0.4, -0.2) is 26.1 Å². The molecule has 118 valence electrons. The van der Waals surface area contributed by atoms with E-state index in [1.165, 1.54) is 11.1 Å². The number of rotatable bonds is 3. The molecule has 0 spiro atoms. The number of nitrogens with one attached hydrogen (secondary N) is 1. The van der Waals surface area contributed by atoms with Crippen LogP contribution in [-0.2, 0) is 12.0 Å². The first kappa shape index (κ1) is 16.2. The van der Waals surface area contributed by atoms with Crippen LogP contribution >= 0.6 is 0 Å². The summed E-state index contributed by atoms with van der Waals surface area (Å²) in [6.07, 6.45) is -0.0972. The Kier molecular flexibility index (Phi) is 4.57. The van der Waals surface area contributed by atoms with Gasteiger partial charge in [0.25, 0.3) is 5.92 Å². The SMILES string of the molecule is CNCc1cc(C(C)(C)C)ccc1N1CCC(F)(F)CC1. The number of hydrogen-bond donors (Lipinski definition) is 1. The first-order valence-corrected chi connectivity index (χ1v) is 7.64. The van der Waals surface area contributed by atoms with E-state index in [1.807, 2.05) is 7.05 Å². The van der Waals surface area contributed by atoms with Gasteiger partial charge in [-0.3, -0.25) is 0 Å². The van der Waals surface area contributed by atoms with Crippen LogP contribution in [0, 0.1) is 0 Å². The summed E-state index contributed by atoms with van der Waals surface area (Å²) < 4.78 is 26.6. The fraction of sp³-hybridized carbons (Fsp3) is 0.647. The van der Waals surface area contributed by atoms with E-state index in [4.69, 9.17) is 0 Å². The molecule has 1 aromatic carbocycles. The average Bonchev–Trinajstić information content (AvgIpc) is 2.38. The first-order valence-electron chi connectivity index (χ1n) is 7.64. The summed E-state index contributed by atoms with van der Waals surface area (Å²) >= 11 is 0. The van der Waals surface area contributed by atoms with Gasteiger partial charge in [0.1, 0.15) is 0 Å². The van der Waals surface area contributed by atoms with E-state index in [1.54, 1.807) is 0 Å². The third kappa shape index (κ3) is 3.94. The van der Waals surface area contributed by atoms with E-state index in [2.05, 4.69) is 49.2 Å². The standard InChI is InChI=1S/C17H26F2N2/c1-16(2,3)14-5-6-15(13(11-14)12-20-4)21-9-7-17(18,19)8-10-21/h5-6,11,20H,7-10,12H2,1-4H3. The Morgan fingerprint density at radius 2 is 1.81 bits per heavy atom. The minimum absolute atomic E-state index is 0.0486. The highest BCUT2D eigenvalue weighted by molar-refractivity contribution is 5.56. The van der Waals surface area contributed by atoms with Crippen molar-refractivity contribution in [1.82, 2.24) is 5.32 Å². The molecular weight excluding hydrogens is 270 g/mol. The summed E-state index contributed by atoms with van der Waals surface area (Å²) in [5.74, 6) is -2.50. The van der Waals surface area contributed by atoms with Gasteiger partial charge in [-0.05, 0) is 29.7 Å². The van der Waals surface area contributed by atoms with Gasteiger partial charge in [-0.1, -0.05) is 32.9 Å². The van der Waals surface area contributed by atoms with Gasteiger partial charge in [-0.2, -0.15) is 0 Å². The van der Waals surface area contributed by atoms with E-state index >= 15 is 0 Å². The van der Waals surface area contributed by atoms with Crippen LogP contribution in [0.1, 0.15) is 44.7 Å². The Morgan fingerprint density at radius 3 is 2.33 bits per heavy atom. The third-order valence-corrected chi connectivity index (χ3v) is 4.15. The van der Waals surface area contributed by atoms with Gasteiger partial charge in [-0.25, -0.2) is 8.78 Å². The predicted octanol–water partition coefficient (Wildman–Crippen LogP) is 3.94. The first-order chi connectivity index (χ1) is 9.73. The summed E-state index contributed by atoms with van der Waals surface area (Å²) in [5.41, 5.74) is 3.65. The maximum atomic E-state index is 13.3. The Morgan fingerprint density at radius 1 is 1.19 bits per heavy atom. The molecule has 0 bridgehead atoms. The van der Waals surface area contributed by atoms with Gasteiger partial charge in [0.05, 0.1) is 0 Å². The molecule has 1 saturated heterocycles. The number of halogens is 2. The van der Waals surface area contributed by atoms with Crippen LogP contribution < -0.4 is 10.2 Å². The molecule has 0 atom stereocenters. The molecule has 2 nitrogen and oxygen atoms in total. The van der Waals surface area contributed by atoms with Gasteiger partial charge in [-0.15, -0.1) is 0 Å². The number of alkyl halides is 2. The number of nitrogens with zero attached hydrogens (tertiary/aromatic N) is 1. The zero-order chi connectivity index (χ0) is 15.7. The summed E-state index contributed by atoms with van der Waals surface area (Å²) in [5, 5.41) is 3.18. The Balaban J connectivity index is 2.27. The number of anilines is 1. The fourth-order valence-electron chi connectivity index (χ4n) is 2.77. The van der Waals surface area contributed by atoms with Gasteiger partial charge in [0, 0.05) is 38.2 Å². The van der Waals surface area contributed by atoms with E-state index in [-0.39, 0.29) is 18.3 Å². The highest BCUT2D eigenvalue weighted by Gasteiger charge is 2.34. The molecular formula is C17H26F2N2. The molecule has 1 heterocycles. The van der Waals surface area contributed by atoms with E-state index < -0.39 is 5.92 Å². The zero-order valence-electron chi connectivity index (χ0n) is 13.5. The summed E-state index contributed by atoms with van der Waals surface area (Å²) in [4.78, 5) is 2.09. The lowest BCUT2D eigenvalue weighted by atomic mass is 9.85. The second-order valence-electron chi connectivity index (χ2n) is 6.97. The Hall–Kier alpha value is -1.16. The van der Waals surface area contributed by atoms with Crippen molar-refractivity contribution in [3.05, 3.63) is 29.3 Å². The van der Waals surface area contributed by atoms with E-state index in [0.717, 1.165) is 12.2 Å². The quantitative estimate of drug-likeness (QED) is 0.909. The van der Waals surface area contributed by atoms with Crippen molar-refractivity contribution < 1.29 is 8.78 Å². The molecule has 1 aromatic rings. The largest absolute Gasteiger partial charge is 0.371 e. The molecule has 21 heavy (non-hydrogen) atoms. The number of piperidine rings is 1. The second kappa shape index (κ2) is 5.91. The topological polar surface area (TPSA) is 15.3 Å². The minimum Gasteiger partial charge on any atom is -0.371 e. The lowest BCUT2D eigenvalue weighted by Crippen LogP contribution is -2.40. The van der Waals surface area contributed by atoms with Gasteiger partial charge < -0.3 is 10.2 Å². The molecule has 1 fully saturated rings. The van der Waals surface area contributed by atoms with Crippen molar-refractivity contribution in [3.63, 3.8) is 0 Å². The molecule has 0 unspecified atom stereocenters. The van der Waals surface area contributed by atoms with Crippen LogP contribution in [0.2, 0.25) is 0 Å². The molecule has 1 aliphatic rings. The summed E-state index contributed by atoms with van der Waals surface area (Å²) in [6, 6.07) is 6.43. The van der Waals surface area contributed by atoms with Crippen molar-refractivity contribution in [2.75, 3.05) is 25.0 Å². The monoisotopic (exact) mass is 296 g/mol. The van der Waals surface area contributed by atoms with Crippen molar-refractivity contribution in [2.24, 2.45) is 0 Å². The third-order valence-electron chi connectivity index (χ3n) is 4.15. The Bertz CT molecular complexity index is 482. The molecule has 0 radical (unpaired) electrons. The maximum Gasteiger partial charge on any atom is 0.251 e. The lowest BCUT2D eigenvalue weighted by Gasteiger charge is -2.35. The molecule has 2 rings (SSSR count). The molecule has 0 amide bonds. The van der Waals surface area contributed by atoms with Gasteiger partial charge in [0.15, 0.2) is 0 Å². The van der Waals surface area contributed by atoms with Crippen LogP contribution in [0.4, 0.5) is 14.5 Å². The van der Waals surface area contributed by atoms with E-state index in [0.29, 0.717) is 13.1 Å². The number of hydrogen-bond acceptors (Lipinski definition) is 2. The minimum atomic E-state index is -2.50.